The van der Waals surface area contributed by atoms with Gasteiger partial charge in [0, 0.05) is 24.1 Å². The number of nitrogens with zero attached hydrogens (tertiary/aromatic N) is 2. The van der Waals surface area contributed by atoms with Crippen LogP contribution in [0.5, 0.6) is 0 Å². The van der Waals surface area contributed by atoms with Crippen molar-refractivity contribution in [2.45, 2.75) is 11.9 Å². The first-order valence-electron chi connectivity index (χ1n) is 5.15. The Morgan fingerprint density at radius 2 is 2.56 bits per heavy atom. The lowest BCUT2D eigenvalue weighted by molar-refractivity contribution is 0.264. The van der Waals surface area contributed by atoms with E-state index >= 15 is 0 Å². The van der Waals surface area contributed by atoms with Crippen molar-refractivity contribution in [3.63, 3.8) is 0 Å². The van der Waals surface area contributed by atoms with Crippen LogP contribution in [0.15, 0.2) is 10.9 Å². The number of alkyl halides is 1. The summed E-state index contributed by atoms with van der Waals surface area (Å²) in [7, 11) is 2.05. The predicted molar refractivity (Wildman–Crippen MR) is 67.1 cm³/mol. The van der Waals surface area contributed by atoms with Crippen LogP contribution in [0.2, 0.25) is 0 Å². The van der Waals surface area contributed by atoms with E-state index in [4.69, 9.17) is 11.6 Å². The van der Waals surface area contributed by atoms with E-state index in [1.807, 2.05) is 11.8 Å². The SMILES string of the molecule is CN1CCSCC1c1nc(CCl)cc(=O)[nH]1. The second kappa shape index (κ2) is 5.21. The molecule has 2 rings (SSSR count). The average Bonchev–Trinajstić information content (AvgIpc) is 2.28. The monoisotopic (exact) mass is 259 g/mol. The molecule has 0 spiro atoms. The molecule has 0 aromatic carbocycles. The smallest absolute Gasteiger partial charge is 0.251 e. The van der Waals surface area contributed by atoms with E-state index in [9.17, 15) is 4.79 Å². The zero-order valence-electron chi connectivity index (χ0n) is 9.07. The molecule has 1 unspecified atom stereocenters. The van der Waals surface area contributed by atoms with Gasteiger partial charge in [-0.05, 0) is 7.05 Å². The third kappa shape index (κ3) is 2.59. The second-order valence-corrected chi connectivity index (χ2v) is 5.24. The molecule has 0 aliphatic carbocycles. The van der Waals surface area contributed by atoms with Gasteiger partial charge in [-0.15, -0.1) is 11.6 Å². The summed E-state index contributed by atoms with van der Waals surface area (Å²) in [6.45, 7) is 1.02. The Balaban J connectivity index is 2.31. The highest BCUT2D eigenvalue weighted by atomic mass is 35.5. The van der Waals surface area contributed by atoms with Gasteiger partial charge in [-0.3, -0.25) is 9.69 Å². The second-order valence-electron chi connectivity index (χ2n) is 3.83. The summed E-state index contributed by atoms with van der Waals surface area (Å²) < 4.78 is 0. The molecule has 0 amide bonds. The summed E-state index contributed by atoms with van der Waals surface area (Å²) in [6, 6.07) is 1.64. The van der Waals surface area contributed by atoms with E-state index in [0.717, 1.165) is 23.9 Å². The van der Waals surface area contributed by atoms with Gasteiger partial charge in [-0.25, -0.2) is 4.98 Å². The number of H-pyrrole nitrogens is 1. The largest absolute Gasteiger partial charge is 0.309 e. The maximum absolute atomic E-state index is 11.4. The van der Waals surface area contributed by atoms with E-state index in [1.54, 1.807) is 0 Å². The minimum atomic E-state index is -0.121. The standard InChI is InChI=1S/C10H14ClN3OS/c1-14-2-3-16-6-8(14)10-12-7(5-11)4-9(15)13-10/h4,8H,2-3,5-6H2,1H3,(H,12,13,15). The van der Waals surface area contributed by atoms with Crippen molar-refractivity contribution < 1.29 is 0 Å². The van der Waals surface area contributed by atoms with Crippen molar-refractivity contribution in [1.29, 1.82) is 0 Å². The number of hydrogen-bond donors (Lipinski definition) is 1. The quantitative estimate of drug-likeness (QED) is 0.812. The van der Waals surface area contributed by atoms with Gasteiger partial charge in [0.25, 0.3) is 5.56 Å². The Bertz CT molecular complexity index is 423. The normalized spacial score (nSPS) is 22.2. The first kappa shape index (κ1) is 12.0. The Morgan fingerprint density at radius 3 is 3.25 bits per heavy atom. The van der Waals surface area contributed by atoms with Crippen LogP contribution >= 0.6 is 23.4 Å². The summed E-state index contributed by atoms with van der Waals surface area (Å²) in [5.74, 6) is 3.11. The Morgan fingerprint density at radius 1 is 1.75 bits per heavy atom. The average molecular weight is 260 g/mol. The maximum atomic E-state index is 11.4. The van der Waals surface area contributed by atoms with E-state index in [1.165, 1.54) is 6.07 Å². The molecule has 1 aromatic heterocycles. The summed E-state index contributed by atoms with van der Waals surface area (Å²) in [6.07, 6.45) is 0. The van der Waals surface area contributed by atoms with Crippen LogP contribution in [-0.4, -0.2) is 40.0 Å². The van der Waals surface area contributed by atoms with Crippen LogP contribution in [0.25, 0.3) is 0 Å². The van der Waals surface area contributed by atoms with Crippen LogP contribution in [0.3, 0.4) is 0 Å². The van der Waals surface area contributed by atoms with Gasteiger partial charge < -0.3 is 4.98 Å². The van der Waals surface area contributed by atoms with Crippen LogP contribution in [0, 0.1) is 0 Å². The van der Waals surface area contributed by atoms with Gasteiger partial charge in [0.1, 0.15) is 5.82 Å². The van der Waals surface area contributed by atoms with Crippen molar-refractivity contribution in [2.75, 3.05) is 25.1 Å². The third-order valence-corrected chi connectivity index (χ3v) is 3.96. The van der Waals surface area contributed by atoms with Gasteiger partial charge in [0.2, 0.25) is 0 Å². The zero-order chi connectivity index (χ0) is 11.5. The van der Waals surface area contributed by atoms with Crippen LogP contribution in [-0.2, 0) is 5.88 Å². The molecule has 1 aliphatic heterocycles. The van der Waals surface area contributed by atoms with Crippen molar-refractivity contribution in [3.05, 3.63) is 27.9 Å². The highest BCUT2D eigenvalue weighted by molar-refractivity contribution is 7.99. The van der Waals surface area contributed by atoms with Gasteiger partial charge >= 0.3 is 0 Å². The molecule has 2 heterocycles. The molecule has 0 saturated carbocycles. The number of aromatic nitrogens is 2. The molecule has 16 heavy (non-hydrogen) atoms. The van der Waals surface area contributed by atoms with E-state index < -0.39 is 0 Å². The fourth-order valence-electron chi connectivity index (χ4n) is 1.73. The number of thioether (sulfide) groups is 1. The van der Waals surface area contributed by atoms with E-state index in [2.05, 4.69) is 21.9 Å². The molecule has 1 aromatic rings. The lowest BCUT2D eigenvalue weighted by Crippen LogP contribution is -2.35. The predicted octanol–water partition coefficient (Wildman–Crippen LogP) is 1.23. The lowest BCUT2D eigenvalue weighted by atomic mass is 10.2. The lowest BCUT2D eigenvalue weighted by Gasteiger charge is -2.31. The molecule has 4 nitrogen and oxygen atoms in total. The maximum Gasteiger partial charge on any atom is 0.251 e. The topological polar surface area (TPSA) is 49.0 Å². The summed E-state index contributed by atoms with van der Waals surface area (Å²) in [5, 5.41) is 0. The summed E-state index contributed by atoms with van der Waals surface area (Å²) in [4.78, 5) is 20.8. The van der Waals surface area contributed by atoms with Crippen molar-refractivity contribution in [2.24, 2.45) is 0 Å². The molecule has 1 saturated heterocycles. The van der Waals surface area contributed by atoms with Gasteiger partial charge in [0.05, 0.1) is 17.6 Å². The van der Waals surface area contributed by atoms with Crippen LogP contribution in [0.1, 0.15) is 17.6 Å². The minimum Gasteiger partial charge on any atom is -0.309 e. The zero-order valence-corrected chi connectivity index (χ0v) is 10.6. The molecule has 6 heteroatoms. The molecule has 1 aliphatic rings. The number of nitrogens with one attached hydrogen (secondary N) is 1. The Labute approximate surface area is 103 Å². The number of rotatable bonds is 2. The van der Waals surface area contributed by atoms with Gasteiger partial charge in [-0.2, -0.15) is 11.8 Å². The Kier molecular flexibility index (Phi) is 3.89. The summed E-state index contributed by atoms with van der Waals surface area (Å²) >= 11 is 7.60. The fourth-order valence-corrected chi connectivity index (χ4v) is 3.09. The molecule has 1 fully saturated rings. The molecule has 0 radical (unpaired) electrons. The van der Waals surface area contributed by atoms with Crippen molar-refractivity contribution in [3.8, 4) is 0 Å². The third-order valence-electron chi connectivity index (χ3n) is 2.66. The first-order valence-corrected chi connectivity index (χ1v) is 6.83. The van der Waals surface area contributed by atoms with Crippen molar-refractivity contribution >= 4 is 23.4 Å². The number of hydrogen-bond acceptors (Lipinski definition) is 4. The molecule has 0 bridgehead atoms. The highest BCUT2D eigenvalue weighted by Crippen LogP contribution is 2.25. The van der Waals surface area contributed by atoms with E-state index in [-0.39, 0.29) is 17.5 Å². The molecular weight excluding hydrogens is 246 g/mol. The van der Waals surface area contributed by atoms with Crippen molar-refractivity contribution in [1.82, 2.24) is 14.9 Å². The Hall–Kier alpha value is -0.520. The number of halogens is 1. The summed E-state index contributed by atoms with van der Waals surface area (Å²) in [5.41, 5.74) is 0.522. The van der Waals surface area contributed by atoms with Gasteiger partial charge in [-0.1, -0.05) is 0 Å². The fraction of sp³-hybridized carbons (Fsp3) is 0.600. The van der Waals surface area contributed by atoms with Crippen LogP contribution < -0.4 is 5.56 Å². The van der Waals surface area contributed by atoms with E-state index in [0.29, 0.717) is 5.69 Å². The molecule has 1 N–H and O–H groups in total. The highest BCUT2D eigenvalue weighted by Gasteiger charge is 2.23. The van der Waals surface area contributed by atoms with Crippen LogP contribution in [0.4, 0.5) is 0 Å². The molecular formula is C10H14ClN3OS. The van der Waals surface area contributed by atoms with Gasteiger partial charge in [0.15, 0.2) is 0 Å². The molecule has 88 valence electrons. The number of aromatic amines is 1. The molecule has 1 atom stereocenters. The minimum absolute atomic E-state index is 0.121. The first-order chi connectivity index (χ1) is 7.70.